The number of rotatable bonds is 6. The summed E-state index contributed by atoms with van der Waals surface area (Å²) >= 11 is 9.47. The third-order valence-corrected chi connectivity index (χ3v) is 7.30. The minimum absolute atomic E-state index is 0.0698. The van der Waals surface area contributed by atoms with Crippen LogP contribution in [0.25, 0.3) is 5.69 Å². The zero-order valence-corrected chi connectivity index (χ0v) is 23.2. The highest BCUT2D eigenvalue weighted by molar-refractivity contribution is 9.10. The fourth-order valence-electron chi connectivity index (χ4n) is 4.98. The van der Waals surface area contributed by atoms with Crippen molar-refractivity contribution in [3.8, 4) is 11.4 Å². The van der Waals surface area contributed by atoms with Crippen LogP contribution in [0.2, 0.25) is 0 Å². The number of benzene rings is 2. The predicted octanol–water partition coefficient (Wildman–Crippen LogP) is 7.22. The van der Waals surface area contributed by atoms with Crippen molar-refractivity contribution in [1.82, 2.24) is 14.9 Å². The number of aromatic nitrogens is 2. The number of nitrogens with one attached hydrogen (secondary N) is 1. The van der Waals surface area contributed by atoms with E-state index in [4.69, 9.17) is 21.9 Å². The van der Waals surface area contributed by atoms with E-state index in [2.05, 4.69) is 93.1 Å². The summed E-state index contributed by atoms with van der Waals surface area (Å²) in [5, 5.41) is 4.25. The van der Waals surface area contributed by atoms with Crippen LogP contribution in [0.15, 0.2) is 83.5 Å². The summed E-state index contributed by atoms with van der Waals surface area (Å²) in [5.41, 5.74) is 6.66. The molecular formula is C29H29BrN4OS. The lowest BCUT2D eigenvalue weighted by Gasteiger charge is -2.28. The first-order valence-electron chi connectivity index (χ1n) is 12.1. The molecule has 1 N–H and O–H groups in total. The number of halogens is 1. The van der Waals surface area contributed by atoms with Gasteiger partial charge in [-0.2, -0.15) is 0 Å². The highest BCUT2D eigenvalue weighted by Gasteiger charge is 2.42. The molecule has 184 valence electrons. The van der Waals surface area contributed by atoms with Gasteiger partial charge in [0.2, 0.25) is 0 Å². The predicted molar refractivity (Wildman–Crippen MR) is 153 cm³/mol. The van der Waals surface area contributed by atoms with Gasteiger partial charge in [0.15, 0.2) is 5.11 Å². The summed E-state index contributed by atoms with van der Waals surface area (Å²) in [4.78, 5) is 6.90. The average Bonchev–Trinajstić information content (AvgIpc) is 3.35. The third kappa shape index (κ3) is 4.65. The monoisotopic (exact) mass is 560 g/mol. The van der Waals surface area contributed by atoms with Gasteiger partial charge in [0.05, 0.1) is 23.9 Å². The molecule has 4 aromatic rings. The molecule has 2 aromatic heterocycles. The van der Waals surface area contributed by atoms with Crippen LogP contribution in [0, 0.1) is 13.8 Å². The highest BCUT2D eigenvalue weighted by Crippen LogP contribution is 2.44. The molecule has 0 spiro atoms. The molecule has 0 unspecified atom stereocenters. The van der Waals surface area contributed by atoms with Crippen LogP contribution >= 0.6 is 28.1 Å². The molecule has 36 heavy (non-hydrogen) atoms. The molecule has 5 rings (SSSR count). The molecule has 1 aliphatic rings. The molecule has 7 heteroatoms. The topological polar surface area (TPSA) is 42.3 Å². The fourth-order valence-corrected chi connectivity index (χ4v) is 5.59. The molecule has 1 aliphatic heterocycles. The van der Waals surface area contributed by atoms with E-state index in [1.807, 2.05) is 44.3 Å². The lowest BCUT2D eigenvalue weighted by atomic mass is 9.96. The van der Waals surface area contributed by atoms with E-state index in [1.54, 1.807) is 0 Å². The van der Waals surface area contributed by atoms with Crippen molar-refractivity contribution in [3.05, 3.63) is 106 Å². The Labute approximate surface area is 226 Å². The largest absolute Gasteiger partial charge is 0.491 e. The van der Waals surface area contributed by atoms with Gasteiger partial charge in [-0.3, -0.25) is 4.98 Å². The second kappa shape index (κ2) is 10.1. The van der Waals surface area contributed by atoms with Crippen molar-refractivity contribution >= 4 is 38.9 Å². The Morgan fingerprint density at radius 3 is 2.31 bits per heavy atom. The van der Waals surface area contributed by atoms with Gasteiger partial charge >= 0.3 is 0 Å². The van der Waals surface area contributed by atoms with Gasteiger partial charge in [-0.15, -0.1) is 0 Å². The Morgan fingerprint density at radius 1 is 0.972 bits per heavy atom. The molecule has 5 nitrogen and oxygen atoms in total. The van der Waals surface area contributed by atoms with Gasteiger partial charge < -0.3 is 19.5 Å². The normalized spacial score (nSPS) is 17.5. The maximum Gasteiger partial charge on any atom is 0.174 e. The Morgan fingerprint density at radius 2 is 1.67 bits per heavy atom. The third-order valence-electron chi connectivity index (χ3n) is 6.46. The maximum atomic E-state index is 5.91. The summed E-state index contributed by atoms with van der Waals surface area (Å²) < 4.78 is 9.24. The van der Waals surface area contributed by atoms with E-state index in [-0.39, 0.29) is 18.2 Å². The van der Waals surface area contributed by atoms with E-state index in [0.717, 1.165) is 27.3 Å². The first kappa shape index (κ1) is 24.5. The Bertz CT molecular complexity index is 1370. The molecule has 0 radical (unpaired) electrons. The molecule has 1 saturated heterocycles. The number of thiocarbonyl (C=S) groups is 1. The van der Waals surface area contributed by atoms with Crippen LogP contribution in [-0.4, -0.2) is 20.8 Å². The van der Waals surface area contributed by atoms with Gasteiger partial charge in [0.25, 0.3) is 0 Å². The van der Waals surface area contributed by atoms with E-state index < -0.39 is 0 Å². The van der Waals surface area contributed by atoms with Crippen LogP contribution in [0.5, 0.6) is 5.75 Å². The molecule has 1 fully saturated rings. The Kier molecular flexibility index (Phi) is 6.86. The van der Waals surface area contributed by atoms with Crippen LogP contribution in [0.1, 0.15) is 48.6 Å². The van der Waals surface area contributed by atoms with Crippen molar-refractivity contribution in [3.63, 3.8) is 0 Å². The fraction of sp³-hybridized carbons (Fsp3) is 0.241. The summed E-state index contributed by atoms with van der Waals surface area (Å²) in [6.07, 6.45) is 1.96. The number of hydrogen-bond donors (Lipinski definition) is 1. The van der Waals surface area contributed by atoms with E-state index in [0.29, 0.717) is 5.11 Å². The summed E-state index contributed by atoms with van der Waals surface area (Å²) in [7, 11) is 0. The standard InChI is InChI=1S/C29H29BrN4OS/c1-18(2)35-24-14-12-23(13-15-24)34-28(27(32-29(34)36)26-7-5-6-16-31-26)25-17-19(3)33(20(25)4)22-10-8-21(30)9-11-22/h5-18,27-28H,1-4H3,(H,32,36)/t27-,28+/m1/s1. The molecule has 2 atom stereocenters. The zero-order chi connectivity index (χ0) is 25.4. The summed E-state index contributed by atoms with van der Waals surface area (Å²) in [6.45, 7) is 8.39. The van der Waals surface area contributed by atoms with Gasteiger partial charge in [-0.05, 0) is 112 Å². The molecule has 2 aromatic carbocycles. The Hall–Kier alpha value is -3.16. The van der Waals surface area contributed by atoms with Crippen molar-refractivity contribution < 1.29 is 4.74 Å². The average molecular weight is 562 g/mol. The first-order chi connectivity index (χ1) is 17.3. The second-order valence-electron chi connectivity index (χ2n) is 9.30. The SMILES string of the molecule is Cc1cc([C@H]2[C@@H](c3ccccn3)NC(=S)N2c2ccc(OC(C)C)cc2)c(C)n1-c1ccc(Br)cc1. The smallest absolute Gasteiger partial charge is 0.174 e. The molecule has 0 aliphatic carbocycles. The minimum Gasteiger partial charge on any atom is -0.491 e. The van der Waals surface area contributed by atoms with Crippen LogP contribution in [0.4, 0.5) is 5.69 Å². The van der Waals surface area contributed by atoms with E-state index >= 15 is 0 Å². The van der Waals surface area contributed by atoms with Crippen molar-refractivity contribution in [1.29, 1.82) is 0 Å². The van der Waals surface area contributed by atoms with Gasteiger partial charge in [-0.1, -0.05) is 22.0 Å². The molecule has 0 saturated carbocycles. The summed E-state index contributed by atoms with van der Waals surface area (Å²) in [5.74, 6) is 0.845. The first-order valence-corrected chi connectivity index (χ1v) is 13.3. The molecule has 3 heterocycles. The van der Waals surface area contributed by atoms with Crippen LogP contribution in [-0.2, 0) is 0 Å². The second-order valence-corrected chi connectivity index (χ2v) is 10.6. The maximum absolute atomic E-state index is 5.91. The molecular weight excluding hydrogens is 532 g/mol. The molecule has 0 bridgehead atoms. The lowest BCUT2D eigenvalue weighted by molar-refractivity contribution is 0.242. The number of hydrogen-bond acceptors (Lipinski definition) is 3. The van der Waals surface area contributed by atoms with Gasteiger partial charge in [0.1, 0.15) is 5.75 Å². The van der Waals surface area contributed by atoms with Crippen molar-refractivity contribution in [2.24, 2.45) is 0 Å². The number of ether oxygens (including phenoxy) is 1. The number of nitrogens with zero attached hydrogens (tertiary/aromatic N) is 3. The minimum atomic E-state index is -0.0934. The van der Waals surface area contributed by atoms with Gasteiger partial charge in [-0.25, -0.2) is 0 Å². The molecule has 0 amide bonds. The summed E-state index contributed by atoms with van der Waals surface area (Å²) in [6, 6.07) is 24.7. The number of pyridine rings is 1. The van der Waals surface area contributed by atoms with E-state index in [9.17, 15) is 0 Å². The van der Waals surface area contributed by atoms with Crippen LogP contribution in [0.3, 0.4) is 0 Å². The Balaban J connectivity index is 1.62. The number of anilines is 1. The highest BCUT2D eigenvalue weighted by atomic mass is 79.9. The quantitative estimate of drug-likeness (QED) is 0.252. The van der Waals surface area contributed by atoms with Crippen LogP contribution < -0.4 is 15.0 Å². The van der Waals surface area contributed by atoms with Crippen molar-refractivity contribution in [2.45, 2.75) is 45.9 Å². The zero-order valence-electron chi connectivity index (χ0n) is 20.8. The number of aryl methyl sites for hydroxylation is 1. The van der Waals surface area contributed by atoms with Gasteiger partial charge in [0, 0.05) is 33.4 Å². The van der Waals surface area contributed by atoms with Crippen molar-refractivity contribution in [2.75, 3.05) is 4.90 Å². The lowest BCUT2D eigenvalue weighted by Crippen LogP contribution is -2.29. The van der Waals surface area contributed by atoms with E-state index in [1.165, 1.54) is 17.0 Å².